The maximum absolute atomic E-state index is 11.6. The lowest BCUT2D eigenvalue weighted by atomic mass is 9.72. The molecule has 0 aromatic rings. The molecule has 4 nitrogen and oxygen atoms in total. The van der Waals surface area contributed by atoms with Gasteiger partial charge in [0, 0.05) is 12.3 Å². The molecule has 1 rings (SSSR count). The standard InChI is InChI=1S/C12H18O4/c1-7-9(5-4-6-10(7)14)11(8(2)13)12(15)16-3/h7,9,11,13H,2,4-6H2,1,3H3/p-1. The number of ether oxygens (including phenoxy) is 1. The fourth-order valence-electron chi connectivity index (χ4n) is 2.36. The van der Waals surface area contributed by atoms with E-state index in [2.05, 4.69) is 11.3 Å². The van der Waals surface area contributed by atoms with Crippen LogP contribution in [0.1, 0.15) is 26.2 Å². The molecule has 3 atom stereocenters. The van der Waals surface area contributed by atoms with Gasteiger partial charge in [0.2, 0.25) is 0 Å². The summed E-state index contributed by atoms with van der Waals surface area (Å²) in [6, 6.07) is 0. The Kier molecular flexibility index (Phi) is 4.10. The highest BCUT2D eigenvalue weighted by molar-refractivity contribution is 5.83. The number of Topliss-reactive ketones (excluding diaryl/α,β-unsaturated/α-hetero) is 1. The fraction of sp³-hybridized carbons (Fsp3) is 0.667. The summed E-state index contributed by atoms with van der Waals surface area (Å²) in [7, 11) is 1.24. The van der Waals surface area contributed by atoms with Crippen LogP contribution in [-0.2, 0) is 14.3 Å². The van der Waals surface area contributed by atoms with Crippen LogP contribution in [-0.4, -0.2) is 18.9 Å². The zero-order valence-electron chi connectivity index (χ0n) is 9.69. The van der Waals surface area contributed by atoms with E-state index in [0.29, 0.717) is 12.8 Å². The van der Waals surface area contributed by atoms with E-state index in [9.17, 15) is 14.7 Å². The van der Waals surface area contributed by atoms with Crippen LogP contribution >= 0.6 is 0 Å². The van der Waals surface area contributed by atoms with Crippen LogP contribution in [0.3, 0.4) is 0 Å². The molecule has 1 aliphatic rings. The van der Waals surface area contributed by atoms with Gasteiger partial charge in [0.1, 0.15) is 5.78 Å². The van der Waals surface area contributed by atoms with Gasteiger partial charge in [0.15, 0.2) is 0 Å². The minimum Gasteiger partial charge on any atom is -0.875 e. The summed E-state index contributed by atoms with van der Waals surface area (Å²) in [4.78, 5) is 23.1. The third-order valence-corrected chi connectivity index (χ3v) is 3.34. The van der Waals surface area contributed by atoms with Crippen molar-refractivity contribution in [1.82, 2.24) is 0 Å². The molecule has 0 heterocycles. The largest absolute Gasteiger partial charge is 0.875 e. The lowest BCUT2D eigenvalue weighted by Gasteiger charge is -2.35. The van der Waals surface area contributed by atoms with Gasteiger partial charge in [0.05, 0.1) is 13.0 Å². The maximum Gasteiger partial charge on any atom is 0.312 e. The maximum atomic E-state index is 11.6. The Morgan fingerprint density at radius 3 is 2.75 bits per heavy atom. The fourth-order valence-corrected chi connectivity index (χ4v) is 2.36. The molecular formula is C12H17O4-. The molecule has 16 heavy (non-hydrogen) atoms. The first-order valence-electron chi connectivity index (χ1n) is 5.45. The van der Waals surface area contributed by atoms with E-state index in [-0.39, 0.29) is 17.6 Å². The normalized spacial score (nSPS) is 27.2. The van der Waals surface area contributed by atoms with Gasteiger partial charge in [-0.05, 0) is 18.8 Å². The number of carbonyl (C=O) groups excluding carboxylic acids is 2. The molecule has 1 saturated carbocycles. The Morgan fingerprint density at radius 2 is 2.25 bits per heavy atom. The van der Waals surface area contributed by atoms with Crippen molar-refractivity contribution in [2.75, 3.05) is 7.11 Å². The second kappa shape index (κ2) is 5.14. The Bertz CT molecular complexity index is 308. The summed E-state index contributed by atoms with van der Waals surface area (Å²) >= 11 is 0. The number of hydrogen-bond acceptors (Lipinski definition) is 4. The summed E-state index contributed by atoms with van der Waals surface area (Å²) in [5.41, 5.74) is 0. The van der Waals surface area contributed by atoms with Gasteiger partial charge >= 0.3 is 5.97 Å². The summed E-state index contributed by atoms with van der Waals surface area (Å²) in [5.74, 6) is -2.32. The Morgan fingerprint density at radius 1 is 1.62 bits per heavy atom. The highest BCUT2D eigenvalue weighted by Crippen LogP contribution is 2.35. The molecule has 0 aromatic carbocycles. The van der Waals surface area contributed by atoms with Gasteiger partial charge in [-0.25, -0.2) is 0 Å². The van der Waals surface area contributed by atoms with Crippen molar-refractivity contribution >= 4 is 11.8 Å². The van der Waals surface area contributed by atoms with Crippen LogP contribution in [0.25, 0.3) is 0 Å². The SMILES string of the molecule is C=C([O-])C(C(=O)OC)C1CCCC(=O)C1C. The Labute approximate surface area is 95.3 Å². The zero-order valence-corrected chi connectivity index (χ0v) is 9.69. The van der Waals surface area contributed by atoms with E-state index in [1.807, 2.05) is 0 Å². The van der Waals surface area contributed by atoms with Crippen molar-refractivity contribution in [3.05, 3.63) is 12.3 Å². The molecular weight excluding hydrogens is 208 g/mol. The number of ketones is 1. The second-order valence-corrected chi connectivity index (χ2v) is 4.28. The molecule has 0 bridgehead atoms. The number of esters is 1. The lowest BCUT2D eigenvalue weighted by molar-refractivity contribution is -0.316. The van der Waals surface area contributed by atoms with Crippen LogP contribution in [0.5, 0.6) is 0 Å². The van der Waals surface area contributed by atoms with Gasteiger partial charge in [-0.3, -0.25) is 9.59 Å². The third kappa shape index (κ3) is 2.43. The molecule has 0 spiro atoms. The van der Waals surface area contributed by atoms with Crippen LogP contribution in [0.4, 0.5) is 0 Å². The number of rotatable bonds is 3. The number of carbonyl (C=O) groups is 2. The molecule has 90 valence electrons. The highest BCUT2D eigenvalue weighted by Gasteiger charge is 2.37. The van der Waals surface area contributed by atoms with Gasteiger partial charge in [-0.15, -0.1) is 12.3 Å². The van der Waals surface area contributed by atoms with Crippen molar-refractivity contribution in [2.24, 2.45) is 17.8 Å². The molecule has 0 saturated heterocycles. The first-order chi connectivity index (χ1) is 7.49. The lowest BCUT2D eigenvalue weighted by Crippen LogP contribution is -2.39. The Balaban J connectivity index is 2.89. The molecule has 0 aromatic heterocycles. The molecule has 0 aliphatic heterocycles. The van der Waals surface area contributed by atoms with E-state index >= 15 is 0 Å². The monoisotopic (exact) mass is 225 g/mol. The van der Waals surface area contributed by atoms with Gasteiger partial charge in [-0.1, -0.05) is 6.92 Å². The average Bonchev–Trinajstić information content (AvgIpc) is 2.24. The topological polar surface area (TPSA) is 66.4 Å². The summed E-state index contributed by atoms with van der Waals surface area (Å²) in [6.45, 7) is 5.06. The van der Waals surface area contributed by atoms with Crippen molar-refractivity contribution in [3.8, 4) is 0 Å². The smallest absolute Gasteiger partial charge is 0.312 e. The Hall–Kier alpha value is -1.32. The van der Waals surface area contributed by atoms with Crippen LogP contribution in [0.15, 0.2) is 12.3 Å². The van der Waals surface area contributed by atoms with Crippen LogP contribution in [0, 0.1) is 17.8 Å². The minimum atomic E-state index is -0.885. The first-order valence-corrected chi connectivity index (χ1v) is 5.45. The summed E-state index contributed by atoms with van der Waals surface area (Å²) in [6.07, 6.45) is 1.97. The first kappa shape index (κ1) is 12.7. The predicted molar refractivity (Wildman–Crippen MR) is 56.2 cm³/mol. The van der Waals surface area contributed by atoms with E-state index < -0.39 is 17.6 Å². The minimum absolute atomic E-state index is 0.117. The molecule has 3 unspecified atom stereocenters. The van der Waals surface area contributed by atoms with Gasteiger partial charge in [-0.2, -0.15) is 0 Å². The molecule has 0 N–H and O–H groups in total. The number of methoxy groups -OCH3 is 1. The third-order valence-electron chi connectivity index (χ3n) is 3.34. The van der Waals surface area contributed by atoms with Crippen LogP contribution in [0.2, 0.25) is 0 Å². The van der Waals surface area contributed by atoms with Gasteiger partial charge in [0.25, 0.3) is 0 Å². The quantitative estimate of drug-likeness (QED) is 0.522. The zero-order chi connectivity index (χ0) is 12.3. The van der Waals surface area contributed by atoms with E-state index in [0.717, 1.165) is 6.42 Å². The van der Waals surface area contributed by atoms with Crippen LogP contribution < -0.4 is 5.11 Å². The van der Waals surface area contributed by atoms with Crippen molar-refractivity contribution < 1.29 is 19.4 Å². The summed E-state index contributed by atoms with van der Waals surface area (Å²) in [5, 5.41) is 11.4. The molecule has 0 radical (unpaired) electrons. The predicted octanol–water partition coefficient (Wildman–Crippen LogP) is 0.655. The van der Waals surface area contributed by atoms with Crippen molar-refractivity contribution in [3.63, 3.8) is 0 Å². The highest BCUT2D eigenvalue weighted by atomic mass is 16.5. The van der Waals surface area contributed by atoms with Crippen molar-refractivity contribution in [1.29, 1.82) is 0 Å². The van der Waals surface area contributed by atoms with E-state index in [1.165, 1.54) is 7.11 Å². The van der Waals surface area contributed by atoms with Crippen molar-refractivity contribution in [2.45, 2.75) is 26.2 Å². The molecule has 1 aliphatic carbocycles. The molecule has 1 fully saturated rings. The molecule has 0 amide bonds. The van der Waals surface area contributed by atoms with E-state index in [4.69, 9.17) is 0 Å². The average molecular weight is 225 g/mol. The number of hydrogen-bond donors (Lipinski definition) is 0. The van der Waals surface area contributed by atoms with E-state index in [1.54, 1.807) is 6.92 Å². The summed E-state index contributed by atoms with van der Waals surface area (Å²) < 4.78 is 4.60. The second-order valence-electron chi connectivity index (χ2n) is 4.28. The molecule has 4 heteroatoms. The van der Waals surface area contributed by atoms with Gasteiger partial charge < -0.3 is 9.84 Å².